The van der Waals surface area contributed by atoms with Crippen molar-refractivity contribution in [3.63, 3.8) is 0 Å². The molecule has 0 saturated carbocycles. The van der Waals surface area contributed by atoms with Gasteiger partial charge in [0.2, 0.25) is 0 Å². The number of hydrogen-bond donors (Lipinski definition) is 2. The van der Waals surface area contributed by atoms with Crippen molar-refractivity contribution in [2.24, 2.45) is 5.73 Å². The SMILES string of the molecule is NC(=S)C(NC(=O)c1cc(Cl)ccc1F)c1ccccc1. The smallest absolute Gasteiger partial charge is 0.255 e. The van der Waals surface area contributed by atoms with E-state index in [1.54, 1.807) is 24.3 Å². The van der Waals surface area contributed by atoms with Crippen molar-refractivity contribution >= 4 is 34.7 Å². The molecule has 1 atom stereocenters. The zero-order valence-corrected chi connectivity index (χ0v) is 12.4. The molecule has 1 amide bonds. The minimum Gasteiger partial charge on any atom is -0.391 e. The molecule has 2 rings (SSSR count). The van der Waals surface area contributed by atoms with Gasteiger partial charge in [-0.15, -0.1) is 0 Å². The highest BCUT2D eigenvalue weighted by Gasteiger charge is 2.20. The second kappa shape index (κ2) is 6.65. The van der Waals surface area contributed by atoms with Crippen LogP contribution in [-0.4, -0.2) is 10.9 Å². The van der Waals surface area contributed by atoms with Crippen LogP contribution in [0.3, 0.4) is 0 Å². The van der Waals surface area contributed by atoms with Crippen LogP contribution in [0, 0.1) is 5.82 Å². The molecule has 2 aromatic rings. The van der Waals surface area contributed by atoms with Crippen LogP contribution >= 0.6 is 23.8 Å². The zero-order valence-electron chi connectivity index (χ0n) is 10.8. The Morgan fingerprint density at radius 3 is 2.52 bits per heavy atom. The van der Waals surface area contributed by atoms with Gasteiger partial charge in [-0.1, -0.05) is 54.2 Å². The molecule has 0 spiro atoms. The predicted molar refractivity (Wildman–Crippen MR) is 84.8 cm³/mol. The third-order valence-corrected chi connectivity index (χ3v) is 3.34. The molecule has 3 nitrogen and oxygen atoms in total. The van der Waals surface area contributed by atoms with Crippen molar-refractivity contribution in [2.45, 2.75) is 6.04 Å². The fourth-order valence-corrected chi connectivity index (χ4v) is 2.21. The Kier molecular flexibility index (Phi) is 4.88. The van der Waals surface area contributed by atoms with E-state index < -0.39 is 17.8 Å². The Balaban J connectivity index is 2.27. The number of nitrogens with one attached hydrogen (secondary N) is 1. The molecular weight excluding hydrogens is 311 g/mol. The predicted octanol–water partition coefficient (Wildman–Crippen LogP) is 3.24. The van der Waals surface area contributed by atoms with E-state index >= 15 is 0 Å². The number of hydrogen-bond acceptors (Lipinski definition) is 2. The lowest BCUT2D eigenvalue weighted by Gasteiger charge is -2.18. The molecule has 3 N–H and O–H groups in total. The van der Waals surface area contributed by atoms with Gasteiger partial charge in [-0.3, -0.25) is 4.79 Å². The lowest BCUT2D eigenvalue weighted by atomic mass is 10.1. The summed E-state index contributed by atoms with van der Waals surface area (Å²) in [5.41, 5.74) is 6.23. The van der Waals surface area contributed by atoms with Crippen molar-refractivity contribution in [3.05, 3.63) is 70.5 Å². The Bertz CT molecular complexity index is 679. The second-order valence-corrected chi connectivity index (χ2v) is 5.25. The molecule has 1 unspecified atom stereocenters. The maximum atomic E-state index is 13.7. The molecule has 0 bridgehead atoms. The van der Waals surface area contributed by atoms with Gasteiger partial charge in [0.15, 0.2) is 0 Å². The summed E-state index contributed by atoms with van der Waals surface area (Å²) < 4.78 is 13.7. The molecule has 21 heavy (non-hydrogen) atoms. The van der Waals surface area contributed by atoms with Crippen LogP contribution in [-0.2, 0) is 0 Å². The van der Waals surface area contributed by atoms with Gasteiger partial charge in [-0.2, -0.15) is 0 Å². The fourth-order valence-electron chi connectivity index (χ4n) is 1.84. The maximum absolute atomic E-state index is 13.7. The quantitative estimate of drug-likeness (QED) is 0.850. The molecule has 0 aliphatic heterocycles. The maximum Gasteiger partial charge on any atom is 0.255 e. The first-order valence-corrected chi connectivity index (χ1v) is 6.88. The van der Waals surface area contributed by atoms with Crippen LogP contribution < -0.4 is 11.1 Å². The molecule has 0 radical (unpaired) electrons. The highest BCUT2D eigenvalue weighted by Crippen LogP contribution is 2.18. The first kappa shape index (κ1) is 15.4. The summed E-state index contributed by atoms with van der Waals surface area (Å²) in [7, 11) is 0. The number of thiocarbonyl (C=S) groups is 1. The van der Waals surface area contributed by atoms with E-state index in [1.165, 1.54) is 12.1 Å². The van der Waals surface area contributed by atoms with Crippen molar-refractivity contribution in [2.75, 3.05) is 0 Å². The van der Waals surface area contributed by atoms with E-state index in [1.807, 2.05) is 6.07 Å². The van der Waals surface area contributed by atoms with Gasteiger partial charge in [0.1, 0.15) is 16.8 Å². The highest BCUT2D eigenvalue weighted by atomic mass is 35.5. The molecule has 0 aliphatic rings. The largest absolute Gasteiger partial charge is 0.391 e. The van der Waals surface area contributed by atoms with Gasteiger partial charge >= 0.3 is 0 Å². The Morgan fingerprint density at radius 1 is 1.24 bits per heavy atom. The van der Waals surface area contributed by atoms with Crippen molar-refractivity contribution in [1.82, 2.24) is 5.32 Å². The summed E-state index contributed by atoms with van der Waals surface area (Å²) in [5.74, 6) is -1.29. The number of amides is 1. The summed E-state index contributed by atoms with van der Waals surface area (Å²) >= 11 is 10.7. The standard InChI is InChI=1S/C15H12ClFN2OS/c16-10-6-7-12(17)11(8-10)15(20)19-13(14(18)21)9-4-2-1-3-5-9/h1-8,13H,(H2,18,21)(H,19,20). The van der Waals surface area contributed by atoms with Gasteiger partial charge in [0, 0.05) is 5.02 Å². The Hall–Kier alpha value is -1.98. The molecule has 108 valence electrons. The summed E-state index contributed by atoms with van der Waals surface area (Å²) in [5, 5.41) is 2.88. The topological polar surface area (TPSA) is 55.1 Å². The lowest BCUT2D eigenvalue weighted by Crippen LogP contribution is -2.36. The monoisotopic (exact) mass is 322 g/mol. The summed E-state index contributed by atoms with van der Waals surface area (Å²) in [6.45, 7) is 0. The lowest BCUT2D eigenvalue weighted by molar-refractivity contribution is 0.0943. The molecule has 0 aliphatic carbocycles. The first-order valence-electron chi connectivity index (χ1n) is 6.09. The van der Waals surface area contributed by atoms with Crippen molar-refractivity contribution in [3.8, 4) is 0 Å². The zero-order chi connectivity index (χ0) is 15.4. The third kappa shape index (κ3) is 3.77. The van der Waals surface area contributed by atoms with Crippen LogP contribution in [0.2, 0.25) is 5.02 Å². The third-order valence-electron chi connectivity index (χ3n) is 2.87. The van der Waals surface area contributed by atoms with Gasteiger partial charge < -0.3 is 11.1 Å². The summed E-state index contributed by atoms with van der Waals surface area (Å²) in [6, 6.07) is 12.1. The van der Waals surface area contributed by atoms with Crippen LogP contribution in [0.1, 0.15) is 22.0 Å². The van der Waals surface area contributed by atoms with E-state index in [0.29, 0.717) is 0 Å². The summed E-state index contributed by atoms with van der Waals surface area (Å²) in [4.78, 5) is 12.3. The van der Waals surface area contributed by atoms with Crippen LogP contribution in [0.15, 0.2) is 48.5 Å². The minimum absolute atomic E-state index is 0.0944. The van der Waals surface area contributed by atoms with E-state index in [0.717, 1.165) is 11.6 Å². The molecule has 0 aromatic heterocycles. The van der Waals surface area contributed by atoms with Gasteiger partial charge in [-0.05, 0) is 23.8 Å². The second-order valence-electron chi connectivity index (χ2n) is 4.34. The van der Waals surface area contributed by atoms with Gasteiger partial charge in [0.05, 0.1) is 5.56 Å². The van der Waals surface area contributed by atoms with Gasteiger partial charge in [-0.25, -0.2) is 4.39 Å². The molecule has 6 heteroatoms. The Morgan fingerprint density at radius 2 is 1.90 bits per heavy atom. The molecule has 0 saturated heterocycles. The van der Waals surface area contributed by atoms with Gasteiger partial charge in [0.25, 0.3) is 5.91 Å². The average Bonchev–Trinajstić information content (AvgIpc) is 2.47. The van der Waals surface area contributed by atoms with Crippen molar-refractivity contribution < 1.29 is 9.18 Å². The summed E-state index contributed by atoms with van der Waals surface area (Å²) in [6.07, 6.45) is 0. The molecule has 0 heterocycles. The average molecular weight is 323 g/mol. The van der Waals surface area contributed by atoms with E-state index in [9.17, 15) is 9.18 Å². The van der Waals surface area contributed by atoms with E-state index in [-0.39, 0.29) is 15.6 Å². The Labute approximate surface area is 131 Å². The number of benzene rings is 2. The van der Waals surface area contributed by atoms with Crippen LogP contribution in [0.25, 0.3) is 0 Å². The van der Waals surface area contributed by atoms with E-state index in [4.69, 9.17) is 29.6 Å². The molecule has 2 aromatic carbocycles. The number of carbonyl (C=O) groups excluding carboxylic acids is 1. The van der Waals surface area contributed by atoms with Crippen LogP contribution in [0.4, 0.5) is 4.39 Å². The van der Waals surface area contributed by atoms with Crippen LogP contribution in [0.5, 0.6) is 0 Å². The first-order chi connectivity index (χ1) is 9.99. The number of halogens is 2. The molecule has 0 fully saturated rings. The van der Waals surface area contributed by atoms with E-state index in [2.05, 4.69) is 5.32 Å². The van der Waals surface area contributed by atoms with Crippen molar-refractivity contribution in [1.29, 1.82) is 0 Å². The molecular formula is C15H12ClFN2OS. The number of nitrogens with two attached hydrogens (primary N) is 1. The highest BCUT2D eigenvalue weighted by molar-refractivity contribution is 7.80. The normalized spacial score (nSPS) is 11.7. The minimum atomic E-state index is -0.674. The number of rotatable bonds is 4. The number of carbonyl (C=O) groups is 1. The fraction of sp³-hybridized carbons (Fsp3) is 0.0667.